The van der Waals surface area contributed by atoms with Crippen LogP contribution in [-0.4, -0.2) is 71.2 Å². The average Bonchev–Trinajstić information content (AvgIpc) is 3.03. The molecule has 1 aromatic carbocycles. The number of carbonyl (C=O) groups excluding carboxylic acids is 3. The summed E-state index contributed by atoms with van der Waals surface area (Å²) in [7, 11) is 0. The van der Waals surface area contributed by atoms with Crippen LogP contribution in [0.15, 0.2) is 29.2 Å². The minimum atomic E-state index is -0.259. The highest BCUT2D eigenvalue weighted by Crippen LogP contribution is 2.23. The molecule has 6 nitrogen and oxygen atoms in total. The molecule has 0 saturated carbocycles. The van der Waals surface area contributed by atoms with E-state index in [-0.39, 0.29) is 29.7 Å². The summed E-state index contributed by atoms with van der Waals surface area (Å²) in [5, 5.41) is 0. The fourth-order valence-electron chi connectivity index (χ4n) is 3.61. The van der Waals surface area contributed by atoms with Crippen molar-refractivity contribution >= 4 is 30.4 Å². The number of rotatable bonds is 3. The van der Waals surface area contributed by atoms with Crippen LogP contribution in [0.1, 0.15) is 30.6 Å². The van der Waals surface area contributed by atoms with Crippen LogP contribution < -0.4 is 0 Å². The van der Waals surface area contributed by atoms with Gasteiger partial charge in [0.25, 0.3) is 5.91 Å². The highest BCUT2D eigenvalue weighted by atomic mass is 32.1. The van der Waals surface area contributed by atoms with Crippen molar-refractivity contribution in [1.29, 1.82) is 0 Å². The molecule has 7 heteroatoms. The quantitative estimate of drug-likeness (QED) is 0.815. The molecule has 26 heavy (non-hydrogen) atoms. The molecule has 2 aliphatic heterocycles. The van der Waals surface area contributed by atoms with Crippen molar-refractivity contribution in [3.8, 4) is 0 Å². The molecule has 0 bridgehead atoms. The maximum atomic E-state index is 12.7. The summed E-state index contributed by atoms with van der Waals surface area (Å²) in [6, 6.07) is 7.36. The summed E-state index contributed by atoms with van der Waals surface area (Å²) in [6.07, 6.45) is 0.295. The van der Waals surface area contributed by atoms with Crippen LogP contribution in [-0.2, 0) is 9.59 Å². The number of carbonyl (C=O) groups is 3. The molecule has 3 amide bonds. The minimum Gasteiger partial charge on any atom is -0.339 e. The van der Waals surface area contributed by atoms with Crippen LogP contribution >= 0.6 is 12.6 Å². The van der Waals surface area contributed by atoms with E-state index < -0.39 is 0 Å². The van der Waals surface area contributed by atoms with Gasteiger partial charge in [-0.05, 0) is 26.0 Å². The maximum Gasteiger partial charge on any atom is 0.255 e. The number of amides is 3. The van der Waals surface area contributed by atoms with Gasteiger partial charge in [0, 0.05) is 50.1 Å². The van der Waals surface area contributed by atoms with Gasteiger partial charge in [0.15, 0.2) is 0 Å². The minimum absolute atomic E-state index is 0.0307. The Hall–Kier alpha value is -2.02. The van der Waals surface area contributed by atoms with Gasteiger partial charge >= 0.3 is 0 Å². The molecule has 2 saturated heterocycles. The van der Waals surface area contributed by atoms with Gasteiger partial charge in [-0.2, -0.15) is 0 Å². The Morgan fingerprint density at radius 2 is 1.69 bits per heavy atom. The SMILES string of the molecule is CC(C)N1CC(C(=O)N2CCN(C(=O)c3ccccc3S)CC2)CC1=O. The maximum absolute atomic E-state index is 12.7. The van der Waals surface area contributed by atoms with Gasteiger partial charge in [-0.1, -0.05) is 12.1 Å². The van der Waals surface area contributed by atoms with E-state index >= 15 is 0 Å². The fourth-order valence-corrected chi connectivity index (χ4v) is 3.87. The van der Waals surface area contributed by atoms with Crippen LogP contribution in [0, 0.1) is 5.92 Å². The molecule has 2 aliphatic rings. The second-order valence-electron chi connectivity index (χ2n) is 7.18. The molecule has 0 aromatic heterocycles. The van der Waals surface area contributed by atoms with Crippen molar-refractivity contribution in [3.63, 3.8) is 0 Å². The van der Waals surface area contributed by atoms with Gasteiger partial charge in [-0.15, -0.1) is 12.6 Å². The first kappa shape index (κ1) is 18.8. The summed E-state index contributed by atoms with van der Waals surface area (Å²) < 4.78 is 0. The van der Waals surface area contributed by atoms with Crippen molar-refractivity contribution in [2.24, 2.45) is 5.92 Å². The predicted molar refractivity (Wildman–Crippen MR) is 101 cm³/mol. The van der Waals surface area contributed by atoms with Crippen molar-refractivity contribution in [2.45, 2.75) is 31.2 Å². The van der Waals surface area contributed by atoms with Crippen LogP contribution in [0.3, 0.4) is 0 Å². The second-order valence-corrected chi connectivity index (χ2v) is 7.66. The lowest BCUT2D eigenvalue weighted by atomic mass is 10.1. The summed E-state index contributed by atoms with van der Waals surface area (Å²) >= 11 is 4.35. The average molecular weight is 375 g/mol. The van der Waals surface area contributed by atoms with E-state index in [1.165, 1.54) is 0 Å². The molecule has 0 radical (unpaired) electrons. The van der Waals surface area contributed by atoms with E-state index in [1.807, 2.05) is 26.0 Å². The van der Waals surface area contributed by atoms with E-state index in [9.17, 15) is 14.4 Å². The Morgan fingerprint density at radius 3 is 2.27 bits per heavy atom. The molecule has 1 unspecified atom stereocenters. The number of hydrogen-bond donors (Lipinski definition) is 1. The monoisotopic (exact) mass is 375 g/mol. The zero-order valence-corrected chi connectivity index (χ0v) is 16.1. The van der Waals surface area contributed by atoms with E-state index in [0.29, 0.717) is 49.6 Å². The first-order valence-corrected chi connectivity index (χ1v) is 9.48. The van der Waals surface area contributed by atoms with Crippen molar-refractivity contribution < 1.29 is 14.4 Å². The standard InChI is InChI=1S/C19H25N3O3S/c1-13(2)22-12-14(11-17(22)23)18(24)20-7-9-21(10-8-20)19(25)15-5-3-4-6-16(15)26/h3-6,13-14,26H,7-12H2,1-2H3. The molecular weight excluding hydrogens is 350 g/mol. The number of hydrogen-bond acceptors (Lipinski definition) is 4. The summed E-state index contributed by atoms with van der Waals surface area (Å²) in [5.41, 5.74) is 0.588. The van der Waals surface area contributed by atoms with Gasteiger partial charge in [0.2, 0.25) is 11.8 Å². The summed E-state index contributed by atoms with van der Waals surface area (Å²) in [5.74, 6) is -0.226. The molecule has 0 N–H and O–H groups in total. The molecule has 140 valence electrons. The normalized spacial score (nSPS) is 20.8. The summed E-state index contributed by atoms with van der Waals surface area (Å²) in [4.78, 5) is 43.4. The molecule has 2 heterocycles. The fraction of sp³-hybridized carbons (Fsp3) is 0.526. The second kappa shape index (κ2) is 7.70. The van der Waals surface area contributed by atoms with Crippen LogP contribution in [0.25, 0.3) is 0 Å². The van der Waals surface area contributed by atoms with Gasteiger partial charge in [0.1, 0.15) is 0 Å². The van der Waals surface area contributed by atoms with Gasteiger partial charge in [-0.25, -0.2) is 0 Å². The Kier molecular flexibility index (Phi) is 5.55. The number of piperazine rings is 1. The van der Waals surface area contributed by atoms with Crippen molar-refractivity contribution in [3.05, 3.63) is 29.8 Å². The Morgan fingerprint density at radius 1 is 1.08 bits per heavy atom. The molecule has 1 atom stereocenters. The lowest BCUT2D eigenvalue weighted by molar-refractivity contribution is -0.137. The Bertz CT molecular complexity index is 714. The van der Waals surface area contributed by atoms with Gasteiger partial charge < -0.3 is 14.7 Å². The lowest BCUT2D eigenvalue weighted by Crippen LogP contribution is -2.52. The number of likely N-dealkylation sites (tertiary alicyclic amines) is 1. The zero-order valence-electron chi connectivity index (χ0n) is 15.2. The zero-order chi connectivity index (χ0) is 18.8. The molecule has 2 fully saturated rings. The molecule has 1 aromatic rings. The largest absolute Gasteiger partial charge is 0.339 e. The Balaban J connectivity index is 1.57. The molecule has 0 aliphatic carbocycles. The highest BCUT2D eigenvalue weighted by molar-refractivity contribution is 7.80. The van der Waals surface area contributed by atoms with Crippen molar-refractivity contribution in [2.75, 3.05) is 32.7 Å². The third-order valence-electron chi connectivity index (χ3n) is 5.14. The molecule has 3 rings (SSSR count). The van der Waals surface area contributed by atoms with Gasteiger partial charge in [0.05, 0.1) is 11.5 Å². The molecule has 0 spiro atoms. The first-order valence-electron chi connectivity index (χ1n) is 9.04. The Labute approximate surface area is 159 Å². The van der Waals surface area contributed by atoms with Crippen LogP contribution in [0.2, 0.25) is 0 Å². The number of thiol groups is 1. The predicted octanol–water partition coefficient (Wildman–Crippen LogP) is 1.52. The third-order valence-corrected chi connectivity index (χ3v) is 5.53. The van der Waals surface area contributed by atoms with E-state index in [4.69, 9.17) is 0 Å². The smallest absolute Gasteiger partial charge is 0.255 e. The van der Waals surface area contributed by atoms with Gasteiger partial charge in [-0.3, -0.25) is 14.4 Å². The first-order chi connectivity index (χ1) is 12.4. The third kappa shape index (κ3) is 3.72. The van der Waals surface area contributed by atoms with Crippen molar-refractivity contribution in [1.82, 2.24) is 14.7 Å². The molecular formula is C19H25N3O3S. The van der Waals surface area contributed by atoms with Crippen LogP contribution in [0.4, 0.5) is 0 Å². The number of benzene rings is 1. The van der Waals surface area contributed by atoms with E-state index in [2.05, 4.69) is 12.6 Å². The highest BCUT2D eigenvalue weighted by Gasteiger charge is 2.38. The summed E-state index contributed by atoms with van der Waals surface area (Å²) in [6.45, 7) is 6.45. The van der Waals surface area contributed by atoms with E-state index in [1.54, 1.807) is 26.8 Å². The van der Waals surface area contributed by atoms with Crippen LogP contribution in [0.5, 0.6) is 0 Å². The topological polar surface area (TPSA) is 60.9 Å². The van der Waals surface area contributed by atoms with E-state index in [0.717, 1.165) is 0 Å². The lowest BCUT2D eigenvalue weighted by Gasteiger charge is -2.36. The number of nitrogens with zero attached hydrogens (tertiary/aromatic N) is 3.